The Morgan fingerprint density at radius 1 is 1.22 bits per heavy atom. The number of rotatable bonds is 2. The second-order valence-corrected chi connectivity index (χ2v) is 6.35. The van der Waals surface area contributed by atoms with Gasteiger partial charge in [-0.1, -0.05) is 12.1 Å². The molecule has 2 aromatic rings. The van der Waals surface area contributed by atoms with Crippen molar-refractivity contribution >= 4 is 24.0 Å². The van der Waals surface area contributed by atoms with Gasteiger partial charge in [0.25, 0.3) is 0 Å². The fourth-order valence-corrected chi connectivity index (χ4v) is 2.67. The van der Waals surface area contributed by atoms with Crippen molar-refractivity contribution in [1.29, 1.82) is 0 Å². The number of aromatic amines is 1. The van der Waals surface area contributed by atoms with Crippen LogP contribution < -0.4 is 0 Å². The molecular formula is C13H17N3S2. The van der Waals surface area contributed by atoms with Gasteiger partial charge in [-0.3, -0.25) is 9.67 Å². The topological polar surface area (TPSA) is 33.6 Å². The fourth-order valence-electron chi connectivity index (χ4n) is 1.85. The van der Waals surface area contributed by atoms with Crippen molar-refractivity contribution in [3.8, 4) is 11.4 Å². The number of hydrogen-bond acceptors (Lipinski definition) is 3. The number of hydrogen-bond donors (Lipinski definition) is 1. The minimum Gasteiger partial charge on any atom is -0.295 e. The Morgan fingerprint density at radius 2 is 1.83 bits per heavy atom. The smallest absolute Gasteiger partial charge is 0.195 e. The summed E-state index contributed by atoms with van der Waals surface area (Å²) in [5, 5.41) is 7.23. The number of nitrogens with one attached hydrogen (secondary N) is 1. The molecule has 0 radical (unpaired) electrons. The third kappa shape index (κ3) is 2.52. The van der Waals surface area contributed by atoms with Gasteiger partial charge in [-0.15, -0.1) is 11.8 Å². The Kier molecular flexibility index (Phi) is 3.64. The van der Waals surface area contributed by atoms with Crippen LogP contribution in [0, 0.1) is 4.77 Å². The molecule has 1 heterocycles. The van der Waals surface area contributed by atoms with E-state index in [0.717, 1.165) is 11.4 Å². The highest BCUT2D eigenvalue weighted by Crippen LogP contribution is 2.26. The Labute approximate surface area is 117 Å². The standard InChI is InChI=1S/C13H17N3S2/c1-13(2,3)16-11(14-15-12(16)17)9-5-7-10(18-4)8-6-9/h5-8H,1-4H3,(H,15,17). The van der Waals surface area contributed by atoms with E-state index >= 15 is 0 Å². The van der Waals surface area contributed by atoms with Crippen LogP contribution >= 0.6 is 24.0 Å². The lowest BCUT2D eigenvalue weighted by Gasteiger charge is -2.22. The lowest BCUT2D eigenvalue weighted by Crippen LogP contribution is -2.22. The van der Waals surface area contributed by atoms with Gasteiger partial charge in [0.2, 0.25) is 0 Å². The summed E-state index contributed by atoms with van der Waals surface area (Å²) in [5.41, 5.74) is 0.993. The van der Waals surface area contributed by atoms with Crippen LogP contribution in [0.2, 0.25) is 0 Å². The van der Waals surface area contributed by atoms with Crippen LogP contribution in [-0.2, 0) is 5.54 Å². The lowest BCUT2D eigenvalue weighted by atomic mass is 10.1. The summed E-state index contributed by atoms with van der Waals surface area (Å²) in [5.74, 6) is 0.889. The summed E-state index contributed by atoms with van der Waals surface area (Å²) in [6.07, 6.45) is 2.07. The monoisotopic (exact) mass is 279 g/mol. The first-order chi connectivity index (χ1) is 8.43. The summed E-state index contributed by atoms with van der Waals surface area (Å²) >= 11 is 7.04. The van der Waals surface area contributed by atoms with E-state index in [1.165, 1.54) is 4.90 Å². The minimum atomic E-state index is -0.0857. The van der Waals surface area contributed by atoms with Crippen molar-refractivity contribution in [2.75, 3.05) is 6.26 Å². The average molecular weight is 279 g/mol. The van der Waals surface area contributed by atoms with E-state index in [4.69, 9.17) is 12.2 Å². The van der Waals surface area contributed by atoms with Crippen LogP contribution in [0.1, 0.15) is 20.8 Å². The van der Waals surface area contributed by atoms with Crippen molar-refractivity contribution in [2.24, 2.45) is 0 Å². The number of nitrogens with zero attached hydrogens (tertiary/aromatic N) is 2. The van der Waals surface area contributed by atoms with Crippen LogP contribution in [0.15, 0.2) is 29.2 Å². The Hall–Kier alpha value is -1.07. The zero-order valence-corrected chi connectivity index (χ0v) is 12.7. The highest BCUT2D eigenvalue weighted by molar-refractivity contribution is 7.98. The molecule has 96 valence electrons. The minimum absolute atomic E-state index is 0.0857. The molecular weight excluding hydrogens is 262 g/mol. The molecule has 0 bridgehead atoms. The second kappa shape index (κ2) is 4.90. The third-order valence-electron chi connectivity index (χ3n) is 2.69. The molecule has 0 fully saturated rings. The first kappa shape index (κ1) is 13.4. The normalized spacial score (nSPS) is 11.8. The molecule has 0 atom stereocenters. The Bertz CT molecular complexity index is 588. The molecule has 0 saturated carbocycles. The largest absolute Gasteiger partial charge is 0.295 e. The van der Waals surface area contributed by atoms with E-state index in [1.54, 1.807) is 11.8 Å². The van der Waals surface area contributed by atoms with Crippen LogP contribution in [-0.4, -0.2) is 21.0 Å². The summed E-state index contributed by atoms with van der Waals surface area (Å²) in [6.45, 7) is 6.37. The highest BCUT2D eigenvalue weighted by Gasteiger charge is 2.20. The van der Waals surface area contributed by atoms with Gasteiger partial charge in [-0.2, -0.15) is 5.10 Å². The van der Waals surface area contributed by atoms with E-state index in [9.17, 15) is 0 Å². The van der Waals surface area contributed by atoms with Gasteiger partial charge in [0.15, 0.2) is 10.6 Å². The highest BCUT2D eigenvalue weighted by atomic mass is 32.2. The number of benzene rings is 1. The van der Waals surface area contributed by atoms with Crippen molar-refractivity contribution < 1.29 is 0 Å². The Balaban J connectivity index is 2.54. The summed E-state index contributed by atoms with van der Waals surface area (Å²) < 4.78 is 2.71. The van der Waals surface area contributed by atoms with Gasteiger partial charge in [-0.25, -0.2) is 0 Å². The van der Waals surface area contributed by atoms with Gasteiger partial charge in [-0.05, 0) is 51.4 Å². The molecule has 0 amide bonds. The number of aromatic nitrogens is 3. The maximum Gasteiger partial charge on any atom is 0.195 e. The van der Waals surface area contributed by atoms with Gasteiger partial charge >= 0.3 is 0 Å². The zero-order chi connectivity index (χ0) is 13.3. The third-order valence-corrected chi connectivity index (χ3v) is 3.71. The average Bonchev–Trinajstić information content (AvgIpc) is 2.71. The van der Waals surface area contributed by atoms with Gasteiger partial charge in [0.1, 0.15) is 0 Å². The molecule has 0 unspecified atom stereocenters. The predicted molar refractivity (Wildman–Crippen MR) is 79.6 cm³/mol. The molecule has 0 aliphatic rings. The summed E-state index contributed by atoms with van der Waals surface area (Å²) in [6, 6.07) is 8.37. The molecule has 0 saturated heterocycles. The quantitative estimate of drug-likeness (QED) is 0.664. The molecule has 1 aromatic heterocycles. The van der Waals surface area contributed by atoms with Crippen molar-refractivity contribution in [3.05, 3.63) is 29.0 Å². The second-order valence-electron chi connectivity index (χ2n) is 5.09. The molecule has 0 spiro atoms. The van der Waals surface area contributed by atoms with E-state index < -0.39 is 0 Å². The van der Waals surface area contributed by atoms with E-state index in [-0.39, 0.29) is 5.54 Å². The molecule has 1 N–H and O–H groups in total. The number of H-pyrrole nitrogens is 1. The molecule has 18 heavy (non-hydrogen) atoms. The Morgan fingerprint density at radius 3 is 2.33 bits per heavy atom. The first-order valence-corrected chi connectivity index (χ1v) is 7.39. The summed E-state index contributed by atoms with van der Waals surface area (Å²) in [7, 11) is 0. The molecule has 0 aliphatic carbocycles. The van der Waals surface area contributed by atoms with Gasteiger partial charge in [0.05, 0.1) is 0 Å². The van der Waals surface area contributed by atoms with E-state index in [1.807, 2.05) is 0 Å². The molecule has 3 nitrogen and oxygen atoms in total. The van der Waals surface area contributed by atoms with Crippen LogP contribution in [0.25, 0.3) is 11.4 Å². The van der Waals surface area contributed by atoms with Crippen molar-refractivity contribution in [1.82, 2.24) is 14.8 Å². The lowest BCUT2D eigenvalue weighted by molar-refractivity contribution is 0.395. The van der Waals surface area contributed by atoms with Crippen LogP contribution in [0.5, 0.6) is 0 Å². The van der Waals surface area contributed by atoms with E-state index in [2.05, 4.69) is 66.1 Å². The van der Waals surface area contributed by atoms with Gasteiger partial charge < -0.3 is 0 Å². The maximum absolute atomic E-state index is 5.31. The molecule has 2 rings (SSSR count). The number of thioether (sulfide) groups is 1. The van der Waals surface area contributed by atoms with Gasteiger partial charge in [0, 0.05) is 16.0 Å². The van der Waals surface area contributed by atoms with Crippen LogP contribution in [0.3, 0.4) is 0 Å². The fraction of sp³-hybridized carbons (Fsp3) is 0.385. The van der Waals surface area contributed by atoms with Crippen LogP contribution in [0.4, 0.5) is 0 Å². The SMILES string of the molecule is CSc1ccc(-c2n[nH]c(=S)n2C(C)(C)C)cc1. The zero-order valence-electron chi connectivity index (χ0n) is 11.0. The first-order valence-electron chi connectivity index (χ1n) is 5.76. The van der Waals surface area contributed by atoms with E-state index in [0.29, 0.717) is 4.77 Å². The molecule has 5 heteroatoms. The predicted octanol–water partition coefficient (Wildman–Crippen LogP) is 4.08. The molecule has 0 aliphatic heterocycles. The van der Waals surface area contributed by atoms with Crippen molar-refractivity contribution in [3.63, 3.8) is 0 Å². The molecule has 1 aromatic carbocycles. The van der Waals surface area contributed by atoms with Crippen molar-refractivity contribution in [2.45, 2.75) is 31.2 Å². The summed E-state index contributed by atoms with van der Waals surface area (Å²) in [4.78, 5) is 1.25. The maximum atomic E-state index is 5.31.